The summed E-state index contributed by atoms with van der Waals surface area (Å²) in [6.45, 7) is 5.95. The van der Waals surface area contributed by atoms with Crippen molar-refractivity contribution in [1.29, 1.82) is 0 Å². The monoisotopic (exact) mass is 346 g/mol. The van der Waals surface area contributed by atoms with E-state index in [-0.39, 0.29) is 6.03 Å². The number of urea groups is 1. The molecule has 2 aliphatic rings. The van der Waals surface area contributed by atoms with E-state index in [1.165, 1.54) is 23.4 Å². The number of nitrogens with one attached hydrogen (secondary N) is 1. The Balaban J connectivity index is 1.43. The molecule has 8 heteroatoms. The Morgan fingerprint density at radius 2 is 2.25 bits per heavy atom. The van der Waals surface area contributed by atoms with E-state index < -0.39 is 0 Å². The third-order valence-electron chi connectivity index (χ3n) is 4.89. The average Bonchev–Trinajstić information content (AvgIpc) is 3.14. The predicted molar refractivity (Wildman–Crippen MR) is 92.1 cm³/mol. The first-order valence-electron chi connectivity index (χ1n) is 8.57. The van der Waals surface area contributed by atoms with Crippen LogP contribution in [0, 0.1) is 12.8 Å². The first kappa shape index (κ1) is 15.6. The summed E-state index contributed by atoms with van der Waals surface area (Å²) in [6, 6.07) is -0.0972. The van der Waals surface area contributed by atoms with Gasteiger partial charge in [0.15, 0.2) is 5.13 Å². The molecule has 0 spiro atoms. The Morgan fingerprint density at radius 1 is 1.38 bits per heavy atom. The molecule has 0 saturated heterocycles. The highest BCUT2D eigenvalue weighted by atomic mass is 32.1. The zero-order valence-electron chi connectivity index (χ0n) is 14.1. The number of thiazole rings is 1. The van der Waals surface area contributed by atoms with Crippen LogP contribution in [0.1, 0.15) is 42.0 Å². The highest BCUT2D eigenvalue weighted by Gasteiger charge is 2.25. The number of rotatable bonds is 2. The average molecular weight is 346 g/mol. The lowest BCUT2D eigenvalue weighted by Crippen LogP contribution is -2.41. The van der Waals surface area contributed by atoms with E-state index in [0.717, 1.165) is 35.5 Å². The minimum absolute atomic E-state index is 0.0972. The van der Waals surface area contributed by atoms with Crippen molar-refractivity contribution < 1.29 is 4.79 Å². The topological polar surface area (TPSA) is 75.9 Å². The number of fused-ring (bicyclic) bond motifs is 2. The molecule has 2 aromatic heterocycles. The van der Waals surface area contributed by atoms with E-state index in [0.29, 0.717) is 19.6 Å². The fraction of sp³-hybridized carbons (Fsp3) is 0.625. The van der Waals surface area contributed by atoms with Crippen LogP contribution >= 0.6 is 11.3 Å². The van der Waals surface area contributed by atoms with Gasteiger partial charge in [-0.15, -0.1) is 11.3 Å². The van der Waals surface area contributed by atoms with Gasteiger partial charge in [-0.05, 0) is 32.1 Å². The van der Waals surface area contributed by atoms with Crippen LogP contribution in [0.15, 0.2) is 0 Å². The normalized spacial score (nSPS) is 19.8. The van der Waals surface area contributed by atoms with Gasteiger partial charge in [0, 0.05) is 11.4 Å². The molecule has 1 N–H and O–H groups in total. The summed E-state index contributed by atoms with van der Waals surface area (Å²) >= 11 is 1.63. The smallest absolute Gasteiger partial charge is 0.315 e. The van der Waals surface area contributed by atoms with Crippen molar-refractivity contribution in [3.05, 3.63) is 22.2 Å². The first-order valence-corrected chi connectivity index (χ1v) is 9.39. The van der Waals surface area contributed by atoms with E-state index in [4.69, 9.17) is 0 Å². The maximum absolute atomic E-state index is 12.5. The van der Waals surface area contributed by atoms with E-state index in [1.807, 2.05) is 11.6 Å². The molecule has 128 valence electrons. The lowest BCUT2D eigenvalue weighted by Gasteiger charge is -2.26. The summed E-state index contributed by atoms with van der Waals surface area (Å²) in [4.78, 5) is 24.7. The quantitative estimate of drug-likeness (QED) is 0.907. The molecule has 0 bridgehead atoms. The second-order valence-electron chi connectivity index (χ2n) is 6.56. The fourth-order valence-electron chi connectivity index (χ4n) is 3.45. The molecule has 0 saturated carbocycles. The van der Waals surface area contributed by atoms with Crippen molar-refractivity contribution in [2.75, 3.05) is 11.9 Å². The van der Waals surface area contributed by atoms with Crippen LogP contribution in [0.4, 0.5) is 9.93 Å². The zero-order valence-corrected chi connectivity index (χ0v) is 14.9. The summed E-state index contributed by atoms with van der Waals surface area (Å²) in [5.41, 5.74) is 1.18. The van der Waals surface area contributed by atoms with Crippen molar-refractivity contribution in [2.45, 2.75) is 52.6 Å². The number of aryl methyl sites for hydroxylation is 2. The van der Waals surface area contributed by atoms with Crippen molar-refractivity contribution in [2.24, 2.45) is 5.92 Å². The zero-order chi connectivity index (χ0) is 16.7. The van der Waals surface area contributed by atoms with Crippen LogP contribution < -0.4 is 5.32 Å². The molecule has 1 atom stereocenters. The Hall–Kier alpha value is -1.96. The molecule has 2 amide bonds. The van der Waals surface area contributed by atoms with E-state index >= 15 is 0 Å². The number of carbonyl (C=O) groups is 1. The Kier molecular flexibility index (Phi) is 3.99. The van der Waals surface area contributed by atoms with Gasteiger partial charge in [0.25, 0.3) is 0 Å². The van der Waals surface area contributed by atoms with Crippen molar-refractivity contribution in [3.8, 4) is 0 Å². The van der Waals surface area contributed by atoms with Gasteiger partial charge >= 0.3 is 6.03 Å². The van der Waals surface area contributed by atoms with Crippen LogP contribution in [0.25, 0.3) is 0 Å². The molecule has 7 nitrogen and oxygen atoms in total. The summed E-state index contributed by atoms with van der Waals surface area (Å²) < 4.78 is 1.88. The molecule has 0 aromatic carbocycles. The predicted octanol–water partition coefficient (Wildman–Crippen LogP) is 2.61. The second-order valence-corrected chi connectivity index (χ2v) is 7.64. The van der Waals surface area contributed by atoms with Crippen LogP contribution in [-0.2, 0) is 25.9 Å². The number of amides is 2. The highest BCUT2D eigenvalue weighted by Crippen LogP contribution is 2.33. The lowest BCUT2D eigenvalue weighted by atomic mass is 9.89. The number of aromatic nitrogens is 4. The standard InChI is InChI=1S/C16H22N6OS/c1-3-11-4-5-12-13(8-11)24-15(18-12)19-16(23)21-6-7-22-14(9-21)17-10(2)20-22/h11H,3-9H2,1-2H3,(H,18,19,23)/t11-/m0/s1. The minimum atomic E-state index is -0.0972. The molecule has 1 aliphatic carbocycles. The molecule has 0 radical (unpaired) electrons. The van der Waals surface area contributed by atoms with Gasteiger partial charge < -0.3 is 4.90 Å². The van der Waals surface area contributed by atoms with Crippen molar-refractivity contribution in [1.82, 2.24) is 24.6 Å². The van der Waals surface area contributed by atoms with Gasteiger partial charge in [-0.3, -0.25) is 5.32 Å². The lowest BCUT2D eigenvalue weighted by molar-refractivity contribution is 0.193. The summed E-state index contributed by atoms with van der Waals surface area (Å²) in [7, 11) is 0. The van der Waals surface area contributed by atoms with Crippen LogP contribution in [0.2, 0.25) is 0 Å². The first-order chi connectivity index (χ1) is 11.6. The third-order valence-corrected chi connectivity index (χ3v) is 5.92. The van der Waals surface area contributed by atoms with E-state index in [1.54, 1.807) is 16.2 Å². The second kappa shape index (κ2) is 6.16. The van der Waals surface area contributed by atoms with Gasteiger partial charge in [0.1, 0.15) is 11.6 Å². The molecule has 3 heterocycles. The molecule has 1 aliphatic heterocycles. The summed E-state index contributed by atoms with van der Waals surface area (Å²) in [5.74, 6) is 2.36. The minimum Gasteiger partial charge on any atom is -0.315 e. The maximum Gasteiger partial charge on any atom is 0.324 e. The Morgan fingerprint density at radius 3 is 3.08 bits per heavy atom. The van der Waals surface area contributed by atoms with Gasteiger partial charge in [-0.25, -0.2) is 19.4 Å². The number of hydrogen-bond acceptors (Lipinski definition) is 5. The number of nitrogens with zero attached hydrogens (tertiary/aromatic N) is 5. The molecule has 4 rings (SSSR count). The van der Waals surface area contributed by atoms with E-state index in [2.05, 4.69) is 27.3 Å². The van der Waals surface area contributed by atoms with Crippen molar-refractivity contribution in [3.63, 3.8) is 0 Å². The van der Waals surface area contributed by atoms with E-state index in [9.17, 15) is 4.79 Å². The van der Waals surface area contributed by atoms with Crippen LogP contribution in [0.3, 0.4) is 0 Å². The highest BCUT2D eigenvalue weighted by molar-refractivity contribution is 7.15. The molecule has 0 fully saturated rings. The molecule has 24 heavy (non-hydrogen) atoms. The fourth-order valence-corrected chi connectivity index (χ4v) is 4.56. The van der Waals surface area contributed by atoms with Gasteiger partial charge in [0.2, 0.25) is 0 Å². The number of anilines is 1. The molecular weight excluding hydrogens is 324 g/mol. The summed E-state index contributed by atoms with van der Waals surface area (Å²) in [5, 5.41) is 8.03. The SMILES string of the molecule is CC[C@H]1CCc2nc(NC(=O)N3CCn4nc(C)nc4C3)sc2C1. The Labute approximate surface area is 145 Å². The maximum atomic E-state index is 12.5. The number of hydrogen-bond donors (Lipinski definition) is 1. The van der Waals surface area contributed by atoms with Gasteiger partial charge in [-0.1, -0.05) is 13.3 Å². The third kappa shape index (κ3) is 2.90. The molecule has 0 unspecified atom stereocenters. The molecular formula is C16H22N6OS. The van der Waals surface area contributed by atoms with Gasteiger partial charge in [-0.2, -0.15) is 5.10 Å². The number of carbonyl (C=O) groups excluding carboxylic acids is 1. The largest absolute Gasteiger partial charge is 0.324 e. The van der Waals surface area contributed by atoms with Gasteiger partial charge in [0.05, 0.1) is 18.8 Å². The summed E-state index contributed by atoms with van der Waals surface area (Å²) in [6.07, 6.45) is 4.56. The van der Waals surface area contributed by atoms with Crippen LogP contribution in [-0.4, -0.2) is 37.2 Å². The molecule has 2 aromatic rings. The van der Waals surface area contributed by atoms with Crippen LogP contribution in [0.5, 0.6) is 0 Å². The Bertz CT molecular complexity index is 767. The van der Waals surface area contributed by atoms with Crippen molar-refractivity contribution >= 4 is 22.5 Å².